The number of phenols is 1. The van der Waals surface area contributed by atoms with E-state index in [-0.39, 0.29) is 17.7 Å². The molecule has 4 nitrogen and oxygen atoms in total. The van der Waals surface area contributed by atoms with Crippen LogP contribution in [0, 0.1) is 5.92 Å². The lowest BCUT2D eigenvalue weighted by Gasteiger charge is -2.35. The van der Waals surface area contributed by atoms with Gasteiger partial charge in [-0.05, 0) is 30.0 Å². The molecule has 0 spiro atoms. The first-order chi connectivity index (χ1) is 8.56. The highest BCUT2D eigenvalue weighted by Gasteiger charge is 2.26. The zero-order chi connectivity index (χ0) is 13.1. The zero-order valence-electron chi connectivity index (χ0n) is 10.7. The van der Waals surface area contributed by atoms with Crippen LogP contribution in [0.2, 0.25) is 0 Å². The molecule has 4 heteroatoms. The molecule has 2 atom stereocenters. The van der Waals surface area contributed by atoms with E-state index in [0.29, 0.717) is 18.9 Å². The van der Waals surface area contributed by atoms with Gasteiger partial charge in [-0.15, -0.1) is 0 Å². The van der Waals surface area contributed by atoms with Gasteiger partial charge in [-0.1, -0.05) is 19.1 Å². The van der Waals surface area contributed by atoms with Crippen molar-refractivity contribution in [2.45, 2.75) is 25.8 Å². The molecular weight excluding hydrogens is 228 g/mol. The molecule has 0 saturated carbocycles. The second kappa shape index (κ2) is 5.40. The normalized spacial score (nSPS) is 24.0. The van der Waals surface area contributed by atoms with Gasteiger partial charge in [-0.2, -0.15) is 0 Å². The highest BCUT2D eigenvalue weighted by molar-refractivity contribution is 5.79. The maximum absolute atomic E-state index is 12.1. The number of hydrogen-bond donors (Lipinski definition) is 2. The number of phenolic OH excluding ortho intramolecular Hbond substituents is 1. The summed E-state index contributed by atoms with van der Waals surface area (Å²) in [5.41, 5.74) is 6.83. The molecule has 0 aromatic heterocycles. The molecule has 1 amide bonds. The van der Waals surface area contributed by atoms with Gasteiger partial charge in [0.1, 0.15) is 5.75 Å². The number of amides is 1. The molecule has 0 aliphatic carbocycles. The quantitative estimate of drug-likeness (QED) is 0.824. The Morgan fingerprint density at radius 1 is 1.56 bits per heavy atom. The number of carbonyl (C=O) groups is 1. The topological polar surface area (TPSA) is 66.6 Å². The van der Waals surface area contributed by atoms with Gasteiger partial charge in [-0.3, -0.25) is 4.79 Å². The minimum absolute atomic E-state index is 0.0758. The smallest absolute Gasteiger partial charge is 0.227 e. The highest BCUT2D eigenvalue weighted by Crippen LogP contribution is 2.17. The Morgan fingerprint density at radius 3 is 3.00 bits per heavy atom. The minimum atomic E-state index is 0.0758. The van der Waals surface area contributed by atoms with E-state index in [2.05, 4.69) is 6.92 Å². The Labute approximate surface area is 107 Å². The number of aromatic hydroxyl groups is 1. The maximum Gasteiger partial charge on any atom is 0.227 e. The van der Waals surface area contributed by atoms with Gasteiger partial charge in [-0.25, -0.2) is 0 Å². The first kappa shape index (κ1) is 12.9. The molecule has 0 bridgehead atoms. The number of piperidine rings is 1. The van der Waals surface area contributed by atoms with Crippen molar-refractivity contribution in [2.75, 3.05) is 13.1 Å². The van der Waals surface area contributed by atoms with E-state index in [1.807, 2.05) is 11.0 Å². The van der Waals surface area contributed by atoms with Crippen LogP contribution in [0.1, 0.15) is 18.9 Å². The fraction of sp³-hybridized carbons (Fsp3) is 0.500. The van der Waals surface area contributed by atoms with Crippen LogP contribution in [-0.2, 0) is 11.2 Å². The maximum atomic E-state index is 12.1. The average molecular weight is 248 g/mol. The lowest BCUT2D eigenvalue weighted by atomic mass is 9.94. The molecule has 1 heterocycles. The number of rotatable bonds is 2. The SMILES string of the molecule is CC1CCN(C(=O)Cc2cccc(O)c2)CC1N. The van der Waals surface area contributed by atoms with Crippen LogP contribution in [0.5, 0.6) is 5.75 Å². The molecule has 1 aromatic rings. The molecule has 18 heavy (non-hydrogen) atoms. The number of hydrogen-bond acceptors (Lipinski definition) is 3. The molecule has 1 fully saturated rings. The molecule has 2 unspecified atom stereocenters. The Hall–Kier alpha value is -1.55. The lowest BCUT2D eigenvalue weighted by molar-refractivity contribution is -0.132. The zero-order valence-corrected chi connectivity index (χ0v) is 10.7. The van der Waals surface area contributed by atoms with E-state index in [0.717, 1.165) is 18.5 Å². The lowest BCUT2D eigenvalue weighted by Crippen LogP contribution is -2.50. The van der Waals surface area contributed by atoms with E-state index in [4.69, 9.17) is 5.73 Å². The van der Waals surface area contributed by atoms with Gasteiger partial charge >= 0.3 is 0 Å². The van der Waals surface area contributed by atoms with Crippen LogP contribution in [0.4, 0.5) is 0 Å². The van der Waals surface area contributed by atoms with Crippen molar-refractivity contribution in [1.82, 2.24) is 4.90 Å². The fourth-order valence-electron chi connectivity index (χ4n) is 2.28. The molecule has 1 saturated heterocycles. The minimum Gasteiger partial charge on any atom is -0.508 e. The third-order valence-electron chi connectivity index (χ3n) is 3.64. The van der Waals surface area contributed by atoms with E-state index >= 15 is 0 Å². The van der Waals surface area contributed by atoms with Gasteiger partial charge < -0.3 is 15.7 Å². The van der Waals surface area contributed by atoms with Crippen molar-refractivity contribution in [3.8, 4) is 5.75 Å². The summed E-state index contributed by atoms with van der Waals surface area (Å²) in [6.45, 7) is 3.55. The van der Waals surface area contributed by atoms with E-state index in [1.54, 1.807) is 18.2 Å². The van der Waals surface area contributed by atoms with Gasteiger partial charge in [0.15, 0.2) is 0 Å². The van der Waals surface area contributed by atoms with Crippen molar-refractivity contribution in [3.63, 3.8) is 0 Å². The summed E-state index contributed by atoms with van der Waals surface area (Å²) in [4.78, 5) is 13.9. The first-order valence-corrected chi connectivity index (χ1v) is 6.37. The van der Waals surface area contributed by atoms with Gasteiger partial charge in [0.05, 0.1) is 6.42 Å². The predicted octanol–water partition coefficient (Wildman–Crippen LogP) is 1.13. The third-order valence-corrected chi connectivity index (χ3v) is 3.64. The van der Waals surface area contributed by atoms with Crippen molar-refractivity contribution in [3.05, 3.63) is 29.8 Å². The van der Waals surface area contributed by atoms with Crippen LogP contribution in [0.3, 0.4) is 0 Å². The summed E-state index contributed by atoms with van der Waals surface area (Å²) in [5.74, 6) is 0.766. The first-order valence-electron chi connectivity index (χ1n) is 6.37. The van der Waals surface area contributed by atoms with E-state index < -0.39 is 0 Å². The number of carbonyl (C=O) groups excluding carboxylic acids is 1. The molecule has 0 radical (unpaired) electrons. The van der Waals surface area contributed by atoms with Crippen molar-refractivity contribution >= 4 is 5.91 Å². The molecule has 98 valence electrons. The van der Waals surface area contributed by atoms with Gasteiger partial charge in [0.2, 0.25) is 5.91 Å². The summed E-state index contributed by atoms with van der Waals surface area (Å²) in [6.07, 6.45) is 1.29. The van der Waals surface area contributed by atoms with Crippen molar-refractivity contribution in [2.24, 2.45) is 11.7 Å². The fourth-order valence-corrected chi connectivity index (χ4v) is 2.28. The van der Waals surface area contributed by atoms with Gasteiger partial charge in [0, 0.05) is 19.1 Å². The average Bonchev–Trinajstić information content (AvgIpc) is 2.32. The molecule has 1 aliphatic rings. The van der Waals surface area contributed by atoms with Crippen LogP contribution < -0.4 is 5.73 Å². The van der Waals surface area contributed by atoms with Crippen molar-refractivity contribution in [1.29, 1.82) is 0 Å². The Kier molecular flexibility index (Phi) is 3.87. The number of benzene rings is 1. The molecule has 2 rings (SSSR count). The molecule has 1 aliphatic heterocycles. The molecular formula is C14H20N2O2. The van der Waals surface area contributed by atoms with Crippen LogP contribution in [0.15, 0.2) is 24.3 Å². The Balaban J connectivity index is 1.96. The summed E-state index contributed by atoms with van der Waals surface area (Å²) in [5, 5.41) is 9.37. The molecule has 1 aromatic carbocycles. The number of nitrogens with zero attached hydrogens (tertiary/aromatic N) is 1. The monoisotopic (exact) mass is 248 g/mol. The molecule has 3 N–H and O–H groups in total. The second-order valence-electron chi connectivity index (χ2n) is 5.12. The van der Waals surface area contributed by atoms with E-state index in [1.165, 1.54) is 0 Å². The highest BCUT2D eigenvalue weighted by atomic mass is 16.3. The summed E-state index contributed by atoms with van der Waals surface area (Å²) < 4.78 is 0. The summed E-state index contributed by atoms with van der Waals surface area (Å²) in [7, 11) is 0. The number of likely N-dealkylation sites (tertiary alicyclic amines) is 1. The largest absolute Gasteiger partial charge is 0.508 e. The Morgan fingerprint density at radius 2 is 2.33 bits per heavy atom. The standard InChI is InChI=1S/C14H20N2O2/c1-10-5-6-16(9-13(10)15)14(18)8-11-3-2-4-12(17)7-11/h2-4,7,10,13,17H,5-6,8-9,15H2,1H3. The van der Waals surface area contributed by atoms with E-state index in [9.17, 15) is 9.90 Å². The summed E-state index contributed by atoms with van der Waals surface area (Å²) in [6, 6.07) is 6.91. The van der Waals surface area contributed by atoms with Crippen LogP contribution >= 0.6 is 0 Å². The summed E-state index contributed by atoms with van der Waals surface area (Å²) >= 11 is 0. The van der Waals surface area contributed by atoms with Gasteiger partial charge in [0.25, 0.3) is 0 Å². The number of nitrogens with two attached hydrogens (primary N) is 1. The third kappa shape index (κ3) is 3.01. The Bertz CT molecular complexity index is 434. The van der Waals surface area contributed by atoms with Crippen molar-refractivity contribution < 1.29 is 9.90 Å². The predicted molar refractivity (Wildman–Crippen MR) is 70.1 cm³/mol. The van der Waals surface area contributed by atoms with Crippen LogP contribution in [-0.4, -0.2) is 35.0 Å². The van der Waals surface area contributed by atoms with Crippen LogP contribution in [0.25, 0.3) is 0 Å². The second-order valence-corrected chi connectivity index (χ2v) is 5.12.